The Bertz CT molecular complexity index is 57.6. The average Bonchev–Trinajstić information content (AvgIpc) is 1.88. The van der Waals surface area contributed by atoms with E-state index in [1.165, 1.54) is 0 Å². The Morgan fingerprint density at radius 1 is 1.20 bits per heavy atom. The van der Waals surface area contributed by atoms with E-state index in [1.807, 2.05) is 6.92 Å². The molecule has 0 fully saturated rings. The first-order valence-corrected chi connectivity index (χ1v) is 4.39. The summed E-state index contributed by atoms with van der Waals surface area (Å²) in [7, 11) is 0. The van der Waals surface area contributed by atoms with Crippen LogP contribution in [0.15, 0.2) is 0 Å². The molecule has 64 valence electrons. The summed E-state index contributed by atoms with van der Waals surface area (Å²) >= 11 is 9.53. The Balaban J connectivity index is 0. The third-order valence-electron chi connectivity index (χ3n) is 1.43. The average molecular weight is 187 g/mol. The molecule has 1 atom stereocenters. The molecule has 0 aliphatic heterocycles. The molecule has 0 rings (SSSR count). The van der Waals surface area contributed by atoms with E-state index in [4.69, 9.17) is 28.3 Å². The minimum Gasteiger partial charge on any atom is -0.396 e. The van der Waals surface area contributed by atoms with Crippen molar-refractivity contribution in [3.63, 3.8) is 0 Å². The van der Waals surface area contributed by atoms with Gasteiger partial charge in [0.15, 0.2) is 0 Å². The fourth-order valence-corrected chi connectivity index (χ4v) is 0.211. The number of alkyl halides is 2. The standard InChI is InChI=1S/C6H14O.CH2Cl2/c1-5(2)6(3)4-7;2-1-3/h5-7H,4H2,1-3H3;1H2/t6-;/m1./s1. The Morgan fingerprint density at radius 3 is 1.50 bits per heavy atom. The number of hydrogen-bond acceptors (Lipinski definition) is 1. The Hall–Kier alpha value is 0.540. The molecular weight excluding hydrogens is 171 g/mol. The third-order valence-corrected chi connectivity index (χ3v) is 1.43. The van der Waals surface area contributed by atoms with Crippen molar-refractivity contribution in [1.82, 2.24) is 0 Å². The van der Waals surface area contributed by atoms with Gasteiger partial charge in [0.1, 0.15) is 0 Å². The molecule has 0 saturated heterocycles. The summed E-state index contributed by atoms with van der Waals surface area (Å²) in [6, 6.07) is 0. The molecule has 0 aromatic heterocycles. The van der Waals surface area contributed by atoms with Gasteiger partial charge in [-0.2, -0.15) is 0 Å². The van der Waals surface area contributed by atoms with Gasteiger partial charge >= 0.3 is 0 Å². The first kappa shape index (κ1) is 13.2. The van der Waals surface area contributed by atoms with Crippen LogP contribution < -0.4 is 0 Å². The van der Waals surface area contributed by atoms with E-state index in [2.05, 4.69) is 13.8 Å². The fraction of sp³-hybridized carbons (Fsp3) is 1.00. The van der Waals surface area contributed by atoms with Crippen molar-refractivity contribution in [1.29, 1.82) is 0 Å². The second kappa shape index (κ2) is 9.54. The SMILES string of the molecule is CC(C)[C@H](C)CO.ClCCl. The topological polar surface area (TPSA) is 20.2 Å². The first-order chi connectivity index (χ1) is 4.59. The maximum Gasteiger partial charge on any atom is 0.0967 e. The van der Waals surface area contributed by atoms with Gasteiger partial charge in [-0.3, -0.25) is 0 Å². The number of halogens is 2. The highest BCUT2D eigenvalue weighted by molar-refractivity contribution is 6.40. The number of aliphatic hydroxyl groups is 1. The van der Waals surface area contributed by atoms with Crippen LogP contribution in [0.4, 0.5) is 0 Å². The van der Waals surface area contributed by atoms with E-state index >= 15 is 0 Å². The van der Waals surface area contributed by atoms with Crippen molar-refractivity contribution in [3.8, 4) is 0 Å². The first-order valence-electron chi connectivity index (χ1n) is 3.32. The van der Waals surface area contributed by atoms with Gasteiger partial charge < -0.3 is 5.11 Å². The second-order valence-corrected chi connectivity index (χ2v) is 3.31. The van der Waals surface area contributed by atoms with Gasteiger partial charge in [0.25, 0.3) is 0 Å². The Kier molecular flexibility index (Phi) is 12.5. The predicted octanol–water partition coefficient (Wildman–Crippen LogP) is 2.69. The van der Waals surface area contributed by atoms with Crippen LogP contribution in [0.2, 0.25) is 0 Å². The maximum atomic E-state index is 8.51. The van der Waals surface area contributed by atoms with E-state index in [-0.39, 0.29) is 5.34 Å². The predicted molar refractivity (Wildman–Crippen MR) is 47.7 cm³/mol. The quantitative estimate of drug-likeness (QED) is 0.659. The Morgan fingerprint density at radius 2 is 1.50 bits per heavy atom. The lowest BCUT2D eigenvalue weighted by Gasteiger charge is -2.09. The molecule has 0 aliphatic carbocycles. The molecule has 10 heavy (non-hydrogen) atoms. The van der Waals surface area contributed by atoms with Crippen LogP contribution in [0.5, 0.6) is 0 Å². The molecule has 0 spiro atoms. The van der Waals surface area contributed by atoms with Crippen LogP contribution in [0, 0.1) is 11.8 Å². The molecule has 0 saturated carbocycles. The zero-order valence-electron chi connectivity index (χ0n) is 6.77. The summed E-state index contributed by atoms with van der Waals surface area (Å²) in [6.07, 6.45) is 0. The molecule has 0 aliphatic rings. The van der Waals surface area contributed by atoms with Crippen LogP contribution in [0.25, 0.3) is 0 Å². The van der Waals surface area contributed by atoms with Crippen molar-refractivity contribution in [2.75, 3.05) is 11.9 Å². The normalized spacial score (nSPS) is 12.3. The van der Waals surface area contributed by atoms with Gasteiger partial charge in [0.2, 0.25) is 0 Å². The molecule has 0 radical (unpaired) electrons. The molecule has 1 nitrogen and oxygen atoms in total. The van der Waals surface area contributed by atoms with Crippen LogP contribution in [-0.2, 0) is 0 Å². The molecule has 0 amide bonds. The molecule has 0 aromatic carbocycles. The number of rotatable bonds is 2. The van der Waals surface area contributed by atoms with Crippen LogP contribution in [0.1, 0.15) is 20.8 Å². The van der Waals surface area contributed by atoms with Crippen LogP contribution >= 0.6 is 23.2 Å². The van der Waals surface area contributed by atoms with Crippen LogP contribution in [0.3, 0.4) is 0 Å². The highest BCUT2D eigenvalue weighted by Gasteiger charge is 2.02. The van der Waals surface area contributed by atoms with Gasteiger partial charge in [-0.1, -0.05) is 20.8 Å². The zero-order chi connectivity index (χ0) is 8.57. The van der Waals surface area contributed by atoms with Gasteiger partial charge in [-0.05, 0) is 11.8 Å². The summed E-state index contributed by atoms with van der Waals surface area (Å²) < 4.78 is 0. The van der Waals surface area contributed by atoms with Gasteiger partial charge in [-0.25, -0.2) is 0 Å². The number of aliphatic hydroxyl groups excluding tert-OH is 1. The summed E-state index contributed by atoms with van der Waals surface area (Å²) in [4.78, 5) is 0. The minimum atomic E-state index is 0.194. The summed E-state index contributed by atoms with van der Waals surface area (Å²) in [5, 5.41) is 8.70. The lowest BCUT2D eigenvalue weighted by Crippen LogP contribution is -2.07. The van der Waals surface area contributed by atoms with Crippen molar-refractivity contribution < 1.29 is 5.11 Å². The van der Waals surface area contributed by atoms with E-state index in [9.17, 15) is 0 Å². The van der Waals surface area contributed by atoms with Crippen molar-refractivity contribution in [3.05, 3.63) is 0 Å². The third kappa shape index (κ3) is 11.4. The lowest BCUT2D eigenvalue weighted by atomic mass is 10.00. The molecule has 1 N–H and O–H groups in total. The van der Waals surface area contributed by atoms with E-state index in [0.29, 0.717) is 18.4 Å². The summed E-state index contributed by atoms with van der Waals surface area (Å²) in [5.74, 6) is 1.07. The molecular formula is C7H16Cl2O. The van der Waals surface area contributed by atoms with Gasteiger partial charge in [-0.15, -0.1) is 23.2 Å². The molecule has 0 bridgehead atoms. The minimum absolute atomic E-state index is 0.194. The smallest absolute Gasteiger partial charge is 0.0967 e. The van der Waals surface area contributed by atoms with E-state index in [1.54, 1.807) is 0 Å². The maximum absolute atomic E-state index is 8.51. The molecule has 3 heteroatoms. The largest absolute Gasteiger partial charge is 0.396 e. The second-order valence-electron chi connectivity index (χ2n) is 2.50. The molecule has 0 heterocycles. The van der Waals surface area contributed by atoms with Crippen molar-refractivity contribution in [2.45, 2.75) is 20.8 Å². The monoisotopic (exact) mass is 186 g/mol. The van der Waals surface area contributed by atoms with Gasteiger partial charge in [0.05, 0.1) is 5.34 Å². The Labute approximate surface area is 73.3 Å². The van der Waals surface area contributed by atoms with Gasteiger partial charge in [0, 0.05) is 6.61 Å². The van der Waals surface area contributed by atoms with Crippen LogP contribution in [-0.4, -0.2) is 17.1 Å². The highest BCUT2D eigenvalue weighted by Crippen LogP contribution is 2.06. The summed E-state index contributed by atoms with van der Waals surface area (Å²) in [6.45, 7) is 6.59. The van der Waals surface area contributed by atoms with E-state index < -0.39 is 0 Å². The molecule has 0 aromatic rings. The van der Waals surface area contributed by atoms with Crippen molar-refractivity contribution >= 4 is 23.2 Å². The highest BCUT2D eigenvalue weighted by atomic mass is 35.5. The summed E-state index contributed by atoms with van der Waals surface area (Å²) in [5.41, 5.74) is 0. The number of hydrogen-bond donors (Lipinski definition) is 1. The zero-order valence-corrected chi connectivity index (χ0v) is 8.28. The molecule has 0 unspecified atom stereocenters. The lowest BCUT2D eigenvalue weighted by molar-refractivity contribution is 0.203. The van der Waals surface area contributed by atoms with E-state index in [0.717, 1.165) is 0 Å². The van der Waals surface area contributed by atoms with Crippen molar-refractivity contribution in [2.24, 2.45) is 11.8 Å². The fourth-order valence-electron chi connectivity index (χ4n) is 0.211.